The smallest absolute Gasteiger partial charge is 0.0762 e. The quantitative estimate of drug-likeness (QED) is 0.697. The van der Waals surface area contributed by atoms with Crippen LogP contribution < -0.4 is 5.32 Å². The molecule has 0 aliphatic heterocycles. The van der Waals surface area contributed by atoms with Crippen LogP contribution in [-0.2, 0) is 6.54 Å². The van der Waals surface area contributed by atoms with E-state index in [9.17, 15) is 0 Å². The first-order chi connectivity index (χ1) is 8.90. The second kappa shape index (κ2) is 7.54. The maximum atomic E-state index is 8.67. The fraction of sp³-hybridized carbons (Fsp3) is 0.786. The molecule has 18 heavy (non-hydrogen) atoms. The predicted molar refractivity (Wildman–Crippen MR) is 72.4 cm³/mol. The maximum absolute atomic E-state index is 8.67. The number of rotatable bonds is 8. The molecule has 1 aliphatic rings. The van der Waals surface area contributed by atoms with Gasteiger partial charge in [-0.3, -0.25) is 4.68 Å². The molecular formula is C14H25N3O. The lowest BCUT2D eigenvalue weighted by molar-refractivity contribution is 0.283. The molecule has 0 atom stereocenters. The van der Waals surface area contributed by atoms with Gasteiger partial charge >= 0.3 is 0 Å². The van der Waals surface area contributed by atoms with Crippen molar-refractivity contribution in [3.8, 4) is 0 Å². The molecule has 0 amide bonds. The van der Waals surface area contributed by atoms with Crippen molar-refractivity contribution < 1.29 is 5.11 Å². The Hall–Kier alpha value is -0.870. The number of nitrogens with zero attached hydrogens (tertiary/aromatic N) is 2. The number of hydrogen-bond donors (Lipinski definition) is 2. The van der Waals surface area contributed by atoms with E-state index in [4.69, 9.17) is 5.11 Å². The highest BCUT2D eigenvalue weighted by Gasteiger charge is 2.17. The number of aliphatic hydroxyl groups excluding tert-OH is 1. The number of nitrogens with one attached hydrogen (secondary N) is 1. The van der Waals surface area contributed by atoms with Gasteiger partial charge in [0.05, 0.1) is 11.7 Å². The standard InChI is InChI=1S/C14H25N3O/c18-11-5-1-4-9-15-12-13-8-10-17(16-13)14-6-2-3-7-14/h8,10,14-15,18H,1-7,9,11-12H2. The van der Waals surface area contributed by atoms with Crippen LogP contribution in [0.1, 0.15) is 56.7 Å². The number of unbranched alkanes of at least 4 members (excludes halogenated alkanes) is 2. The third kappa shape index (κ3) is 4.10. The van der Waals surface area contributed by atoms with Crippen molar-refractivity contribution >= 4 is 0 Å². The third-order valence-electron chi connectivity index (χ3n) is 3.68. The van der Waals surface area contributed by atoms with Crippen LogP contribution in [0.25, 0.3) is 0 Å². The molecule has 1 fully saturated rings. The Morgan fingerprint density at radius 1 is 1.28 bits per heavy atom. The summed E-state index contributed by atoms with van der Waals surface area (Å²) in [5.74, 6) is 0. The van der Waals surface area contributed by atoms with Gasteiger partial charge in [0.15, 0.2) is 0 Å². The average Bonchev–Trinajstić information content (AvgIpc) is 3.03. The third-order valence-corrected chi connectivity index (χ3v) is 3.68. The van der Waals surface area contributed by atoms with Gasteiger partial charge in [0.2, 0.25) is 0 Å². The van der Waals surface area contributed by atoms with Gasteiger partial charge in [0.25, 0.3) is 0 Å². The summed E-state index contributed by atoms with van der Waals surface area (Å²) in [5.41, 5.74) is 1.14. The van der Waals surface area contributed by atoms with E-state index in [0.29, 0.717) is 12.6 Å². The molecule has 0 saturated heterocycles. The zero-order chi connectivity index (χ0) is 12.6. The molecule has 0 aromatic carbocycles. The van der Waals surface area contributed by atoms with E-state index >= 15 is 0 Å². The first-order valence-corrected chi connectivity index (χ1v) is 7.26. The van der Waals surface area contributed by atoms with E-state index in [0.717, 1.165) is 38.0 Å². The van der Waals surface area contributed by atoms with Crippen molar-refractivity contribution in [2.75, 3.05) is 13.2 Å². The zero-order valence-corrected chi connectivity index (χ0v) is 11.1. The second-order valence-corrected chi connectivity index (χ2v) is 5.19. The predicted octanol–water partition coefficient (Wildman–Crippen LogP) is 2.25. The molecule has 1 aromatic rings. The molecule has 4 nitrogen and oxygen atoms in total. The van der Waals surface area contributed by atoms with Crippen LogP contribution in [-0.4, -0.2) is 28.0 Å². The molecule has 2 N–H and O–H groups in total. The van der Waals surface area contributed by atoms with Gasteiger partial charge in [-0.05, 0) is 44.7 Å². The summed E-state index contributed by atoms with van der Waals surface area (Å²) < 4.78 is 2.15. The Kier molecular flexibility index (Phi) is 5.68. The minimum absolute atomic E-state index is 0.311. The van der Waals surface area contributed by atoms with Gasteiger partial charge in [-0.25, -0.2) is 0 Å². The fourth-order valence-corrected chi connectivity index (χ4v) is 2.60. The minimum atomic E-state index is 0.311. The van der Waals surface area contributed by atoms with Gasteiger partial charge < -0.3 is 10.4 Å². The van der Waals surface area contributed by atoms with E-state index in [1.807, 2.05) is 0 Å². The van der Waals surface area contributed by atoms with Crippen molar-refractivity contribution in [3.05, 3.63) is 18.0 Å². The lowest BCUT2D eigenvalue weighted by atomic mass is 10.2. The molecule has 4 heteroatoms. The summed E-state index contributed by atoms with van der Waals surface area (Å²) in [6.45, 7) is 2.18. The van der Waals surface area contributed by atoms with Crippen molar-refractivity contribution in [3.63, 3.8) is 0 Å². The monoisotopic (exact) mass is 251 g/mol. The van der Waals surface area contributed by atoms with Crippen LogP contribution in [0.15, 0.2) is 12.3 Å². The molecule has 1 aliphatic carbocycles. The molecule has 2 rings (SSSR count). The molecule has 1 aromatic heterocycles. The van der Waals surface area contributed by atoms with Crippen LogP contribution in [0.5, 0.6) is 0 Å². The van der Waals surface area contributed by atoms with Crippen LogP contribution in [0.4, 0.5) is 0 Å². The van der Waals surface area contributed by atoms with Crippen LogP contribution in [0, 0.1) is 0 Å². The van der Waals surface area contributed by atoms with E-state index in [-0.39, 0.29) is 0 Å². The average molecular weight is 251 g/mol. The normalized spacial score (nSPS) is 16.5. The highest BCUT2D eigenvalue weighted by atomic mass is 16.2. The van der Waals surface area contributed by atoms with Crippen molar-refractivity contribution in [1.29, 1.82) is 0 Å². The SMILES string of the molecule is OCCCCCNCc1ccn(C2CCCC2)n1. The van der Waals surface area contributed by atoms with Gasteiger partial charge in [-0.1, -0.05) is 12.8 Å². The molecule has 1 saturated carbocycles. The lowest BCUT2D eigenvalue weighted by Gasteiger charge is -2.08. The molecular weight excluding hydrogens is 226 g/mol. The second-order valence-electron chi connectivity index (χ2n) is 5.19. The summed E-state index contributed by atoms with van der Waals surface area (Å²) in [4.78, 5) is 0. The van der Waals surface area contributed by atoms with E-state index < -0.39 is 0 Å². The summed E-state index contributed by atoms with van der Waals surface area (Å²) in [7, 11) is 0. The largest absolute Gasteiger partial charge is 0.396 e. The summed E-state index contributed by atoms with van der Waals surface area (Å²) >= 11 is 0. The van der Waals surface area contributed by atoms with Crippen LogP contribution in [0.3, 0.4) is 0 Å². The molecule has 0 unspecified atom stereocenters. The Bertz CT molecular complexity index is 332. The van der Waals surface area contributed by atoms with Gasteiger partial charge in [0.1, 0.15) is 0 Å². The van der Waals surface area contributed by atoms with E-state index in [1.54, 1.807) is 0 Å². The summed E-state index contributed by atoms with van der Waals surface area (Å²) in [6, 6.07) is 2.77. The molecule has 0 spiro atoms. The van der Waals surface area contributed by atoms with Gasteiger partial charge in [0, 0.05) is 19.3 Å². The highest BCUT2D eigenvalue weighted by Crippen LogP contribution is 2.28. The molecule has 102 valence electrons. The topological polar surface area (TPSA) is 50.1 Å². The first kappa shape index (κ1) is 13.6. The molecule has 0 radical (unpaired) electrons. The van der Waals surface area contributed by atoms with Crippen molar-refractivity contribution in [2.45, 2.75) is 57.5 Å². The fourth-order valence-electron chi connectivity index (χ4n) is 2.60. The molecule has 1 heterocycles. The number of hydrogen-bond acceptors (Lipinski definition) is 3. The first-order valence-electron chi connectivity index (χ1n) is 7.26. The van der Waals surface area contributed by atoms with E-state index in [1.165, 1.54) is 25.7 Å². The minimum Gasteiger partial charge on any atom is -0.396 e. The van der Waals surface area contributed by atoms with Crippen LogP contribution >= 0.6 is 0 Å². The highest BCUT2D eigenvalue weighted by molar-refractivity contribution is 4.99. The van der Waals surface area contributed by atoms with Crippen molar-refractivity contribution in [1.82, 2.24) is 15.1 Å². The number of aromatic nitrogens is 2. The Morgan fingerprint density at radius 2 is 2.11 bits per heavy atom. The van der Waals surface area contributed by atoms with Gasteiger partial charge in [-0.15, -0.1) is 0 Å². The maximum Gasteiger partial charge on any atom is 0.0762 e. The Morgan fingerprint density at radius 3 is 2.89 bits per heavy atom. The number of aliphatic hydroxyl groups is 1. The molecule has 0 bridgehead atoms. The van der Waals surface area contributed by atoms with Crippen LogP contribution in [0.2, 0.25) is 0 Å². The summed E-state index contributed by atoms with van der Waals surface area (Å²) in [5, 5.41) is 16.7. The summed E-state index contributed by atoms with van der Waals surface area (Å²) in [6.07, 6.45) is 10.5. The Balaban J connectivity index is 1.64. The zero-order valence-electron chi connectivity index (χ0n) is 11.1. The lowest BCUT2D eigenvalue weighted by Crippen LogP contribution is -2.15. The van der Waals surface area contributed by atoms with Crippen molar-refractivity contribution in [2.24, 2.45) is 0 Å². The van der Waals surface area contributed by atoms with E-state index in [2.05, 4.69) is 27.4 Å². The van der Waals surface area contributed by atoms with Gasteiger partial charge in [-0.2, -0.15) is 5.10 Å². The Labute approximate surface area is 109 Å².